The second-order valence-corrected chi connectivity index (χ2v) is 5.98. The Hall–Kier alpha value is -2.60. The summed E-state index contributed by atoms with van der Waals surface area (Å²) < 4.78 is 19.5. The zero-order valence-corrected chi connectivity index (χ0v) is 13.8. The SMILES string of the molecule is O=C(NCCc1cccc(O)c1)N1CCO[C@H](c2ccccc2F)C1. The predicted molar refractivity (Wildman–Crippen MR) is 91.9 cm³/mol. The van der Waals surface area contributed by atoms with Gasteiger partial charge in [0, 0.05) is 18.7 Å². The number of morpholine rings is 1. The zero-order chi connectivity index (χ0) is 17.6. The van der Waals surface area contributed by atoms with Gasteiger partial charge in [-0.1, -0.05) is 30.3 Å². The first kappa shape index (κ1) is 17.2. The van der Waals surface area contributed by atoms with Crippen LogP contribution in [-0.4, -0.2) is 42.3 Å². The summed E-state index contributed by atoms with van der Waals surface area (Å²) in [6, 6.07) is 13.2. The minimum atomic E-state index is -0.452. The highest BCUT2D eigenvalue weighted by atomic mass is 19.1. The number of carbonyl (C=O) groups excluding carboxylic acids is 1. The normalized spacial score (nSPS) is 17.3. The molecule has 132 valence electrons. The van der Waals surface area contributed by atoms with E-state index >= 15 is 0 Å². The van der Waals surface area contributed by atoms with Gasteiger partial charge >= 0.3 is 6.03 Å². The molecule has 2 N–H and O–H groups in total. The Labute approximate surface area is 146 Å². The van der Waals surface area contributed by atoms with Gasteiger partial charge in [-0.3, -0.25) is 0 Å². The molecule has 2 amide bonds. The summed E-state index contributed by atoms with van der Waals surface area (Å²) in [7, 11) is 0. The number of carbonyl (C=O) groups is 1. The third-order valence-corrected chi connectivity index (χ3v) is 4.21. The maximum atomic E-state index is 13.9. The first-order valence-electron chi connectivity index (χ1n) is 8.30. The first-order chi connectivity index (χ1) is 12.1. The fraction of sp³-hybridized carbons (Fsp3) is 0.316. The minimum Gasteiger partial charge on any atom is -0.508 e. The van der Waals surface area contributed by atoms with Crippen LogP contribution in [0.5, 0.6) is 5.75 Å². The molecule has 5 nitrogen and oxygen atoms in total. The van der Waals surface area contributed by atoms with Gasteiger partial charge in [-0.15, -0.1) is 0 Å². The number of urea groups is 1. The molecule has 0 aliphatic carbocycles. The van der Waals surface area contributed by atoms with E-state index in [1.165, 1.54) is 6.07 Å². The molecular weight excluding hydrogens is 323 g/mol. The molecule has 2 aromatic rings. The van der Waals surface area contributed by atoms with Crippen molar-refractivity contribution >= 4 is 6.03 Å². The lowest BCUT2D eigenvalue weighted by Gasteiger charge is -2.33. The average molecular weight is 344 g/mol. The highest BCUT2D eigenvalue weighted by Crippen LogP contribution is 2.24. The van der Waals surface area contributed by atoms with E-state index in [0.717, 1.165) is 5.56 Å². The lowest BCUT2D eigenvalue weighted by atomic mass is 10.1. The molecular formula is C19H21FN2O3. The molecule has 2 aromatic carbocycles. The summed E-state index contributed by atoms with van der Waals surface area (Å²) in [4.78, 5) is 14.0. The lowest BCUT2D eigenvalue weighted by molar-refractivity contribution is -0.0170. The Bertz CT molecular complexity index is 738. The topological polar surface area (TPSA) is 61.8 Å². The molecule has 1 atom stereocenters. The molecule has 0 spiro atoms. The number of hydrogen-bond acceptors (Lipinski definition) is 3. The van der Waals surface area contributed by atoms with E-state index in [0.29, 0.717) is 38.2 Å². The van der Waals surface area contributed by atoms with E-state index < -0.39 is 6.10 Å². The van der Waals surface area contributed by atoms with Crippen molar-refractivity contribution in [1.82, 2.24) is 10.2 Å². The number of rotatable bonds is 4. The summed E-state index contributed by atoms with van der Waals surface area (Å²) in [6.07, 6.45) is 0.174. The Morgan fingerprint density at radius 1 is 1.28 bits per heavy atom. The van der Waals surface area contributed by atoms with Crippen LogP contribution < -0.4 is 5.32 Å². The van der Waals surface area contributed by atoms with E-state index in [-0.39, 0.29) is 17.6 Å². The molecule has 0 unspecified atom stereocenters. The molecule has 1 aliphatic heterocycles. The van der Waals surface area contributed by atoms with Crippen LogP contribution in [-0.2, 0) is 11.2 Å². The van der Waals surface area contributed by atoms with E-state index in [1.807, 2.05) is 6.07 Å². The number of nitrogens with one attached hydrogen (secondary N) is 1. The number of nitrogens with zero attached hydrogens (tertiary/aromatic N) is 1. The maximum absolute atomic E-state index is 13.9. The molecule has 1 heterocycles. The van der Waals surface area contributed by atoms with Gasteiger partial charge in [-0.25, -0.2) is 9.18 Å². The van der Waals surface area contributed by atoms with Gasteiger partial charge in [0.05, 0.1) is 13.2 Å². The average Bonchev–Trinajstić information content (AvgIpc) is 2.62. The van der Waals surface area contributed by atoms with Crippen molar-refractivity contribution in [3.05, 3.63) is 65.5 Å². The fourth-order valence-corrected chi connectivity index (χ4v) is 2.90. The van der Waals surface area contributed by atoms with Crippen molar-refractivity contribution in [1.29, 1.82) is 0 Å². The Morgan fingerprint density at radius 3 is 2.92 bits per heavy atom. The Balaban J connectivity index is 1.52. The first-order valence-corrected chi connectivity index (χ1v) is 8.30. The molecule has 25 heavy (non-hydrogen) atoms. The smallest absolute Gasteiger partial charge is 0.317 e. The van der Waals surface area contributed by atoms with E-state index in [2.05, 4.69) is 5.32 Å². The van der Waals surface area contributed by atoms with Crippen LogP contribution in [0.15, 0.2) is 48.5 Å². The molecule has 1 fully saturated rings. The molecule has 0 aromatic heterocycles. The minimum absolute atomic E-state index is 0.190. The lowest BCUT2D eigenvalue weighted by Crippen LogP contribution is -2.47. The molecule has 0 bridgehead atoms. The van der Waals surface area contributed by atoms with Crippen molar-refractivity contribution in [2.24, 2.45) is 0 Å². The van der Waals surface area contributed by atoms with Gasteiger partial charge in [0.25, 0.3) is 0 Å². The largest absolute Gasteiger partial charge is 0.508 e. The summed E-state index contributed by atoms with van der Waals surface area (Å²) in [5, 5.41) is 12.3. The Kier molecular flexibility index (Phi) is 5.50. The molecule has 0 radical (unpaired) electrons. The summed E-state index contributed by atoms with van der Waals surface area (Å²) >= 11 is 0. The number of halogens is 1. The van der Waals surface area contributed by atoms with Crippen molar-refractivity contribution in [3.63, 3.8) is 0 Å². The summed E-state index contributed by atoms with van der Waals surface area (Å²) in [5.74, 6) is -0.108. The molecule has 3 rings (SSSR count). The highest BCUT2D eigenvalue weighted by molar-refractivity contribution is 5.74. The zero-order valence-electron chi connectivity index (χ0n) is 13.8. The molecule has 1 aliphatic rings. The van der Waals surface area contributed by atoms with Crippen molar-refractivity contribution in [2.75, 3.05) is 26.2 Å². The number of amides is 2. The van der Waals surface area contributed by atoms with Gasteiger partial charge in [0.2, 0.25) is 0 Å². The molecule has 1 saturated heterocycles. The molecule has 6 heteroatoms. The highest BCUT2D eigenvalue weighted by Gasteiger charge is 2.26. The fourth-order valence-electron chi connectivity index (χ4n) is 2.90. The third-order valence-electron chi connectivity index (χ3n) is 4.21. The van der Waals surface area contributed by atoms with Crippen molar-refractivity contribution in [2.45, 2.75) is 12.5 Å². The quantitative estimate of drug-likeness (QED) is 0.897. The van der Waals surface area contributed by atoms with E-state index in [9.17, 15) is 14.3 Å². The van der Waals surface area contributed by atoms with Crippen LogP contribution in [0.25, 0.3) is 0 Å². The number of phenols is 1. The number of aromatic hydroxyl groups is 1. The van der Waals surface area contributed by atoms with Crippen LogP contribution >= 0.6 is 0 Å². The second-order valence-electron chi connectivity index (χ2n) is 5.98. The van der Waals surface area contributed by atoms with E-state index in [1.54, 1.807) is 41.3 Å². The van der Waals surface area contributed by atoms with Crippen LogP contribution in [0.2, 0.25) is 0 Å². The molecule has 0 saturated carbocycles. The number of hydrogen-bond donors (Lipinski definition) is 2. The van der Waals surface area contributed by atoms with Gasteiger partial charge in [0.15, 0.2) is 0 Å². The van der Waals surface area contributed by atoms with E-state index in [4.69, 9.17) is 4.74 Å². The summed E-state index contributed by atoms with van der Waals surface area (Å²) in [6.45, 7) is 1.63. The second kappa shape index (κ2) is 7.98. The third kappa shape index (κ3) is 4.48. The van der Waals surface area contributed by atoms with Crippen LogP contribution in [0.4, 0.5) is 9.18 Å². The Morgan fingerprint density at radius 2 is 2.12 bits per heavy atom. The monoisotopic (exact) mass is 344 g/mol. The number of phenolic OH excluding ortho intramolecular Hbond substituents is 1. The number of benzene rings is 2. The van der Waals surface area contributed by atoms with Crippen LogP contribution in [0.3, 0.4) is 0 Å². The van der Waals surface area contributed by atoms with Gasteiger partial charge in [-0.05, 0) is 30.2 Å². The summed E-state index contributed by atoms with van der Waals surface area (Å²) in [5.41, 5.74) is 1.42. The van der Waals surface area contributed by atoms with Gasteiger partial charge in [0.1, 0.15) is 17.7 Å². The van der Waals surface area contributed by atoms with Crippen molar-refractivity contribution < 1.29 is 19.0 Å². The maximum Gasteiger partial charge on any atom is 0.317 e. The van der Waals surface area contributed by atoms with Crippen LogP contribution in [0, 0.1) is 5.82 Å². The number of ether oxygens (including phenoxy) is 1. The van der Waals surface area contributed by atoms with Crippen LogP contribution in [0.1, 0.15) is 17.2 Å². The predicted octanol–water partition coefficient (Wildman–Crippen LogP) is 2.86. The standard InChI is InChI=1S/C19H21FN2O3/c20-17-7-2-1-6-16(17)18-13-22(10-11-25-18)19(24)21-9-8-14-4-3-5-15(23)12-14/h1-7,12,18,23H,8-11,13H2,(H,21,24)/t18-/m0/s1. The van der Waals surface area contributed by atoms with Gasteiger partial charge in [-0.2, -0.15) is 0 Å². The van der Waals surface area contributed by atoms with Gasteiger partial charge < -0.3 is 20.1 Å². The van der Waals surface area contributed by atoms with Crippen molar-refractivity contribution in [3.8, 4) is 5.75 Å².